The van der Waals surface area contributed by atoms with Crippen molar-refractivity contribution in [3.8, 4) is 0 Å². The molecule has 1 saturated heterocycles. The average Bonchev–Trinajstić information content (AvgIpc) is 2.47. The highest BCUT2D eigenvalue weighted by molar-refractivity contribution is 6.30. The van der Waals surface area contributed by atoms with Gasteiger partial charge in [-0.3, -0.25) is 9.69 Å². The van der Waals surface area contributed by atoms with Gasteiger partial charge in [0.1, 0.15) is 0 Å². The number of piperazine rings is 1. The van der Waals surface area contributed by atoms with E-state index in [1.165, 1.54) is 0 Å². The Morgan fingerprint density at radius 2 is 2.05 bits per heavy atom. The van der Waals surface area contributed by atoms with Crippen LogP contribution in [0.15, 0.2) is 24.3 Å². The lowest BCUT2D eigenvalue weighted by molar-refractivity contribution is -0.132. The largest absolute Gasteiger partial charge is 0.392 e. The second-order valence-corrected chi connectivity index (χ2v) is 5.99. The van der Waals surface area contributed by atoms with E-state index in [-0.39, 0.29) is 12.0 Å². The topological polar surface area (TPSA) is 43.8 Å². The van der Waals surface area contributed by atoms with E-state index in [2.05, 4.69) is 4.90 Å². The molecule has 0 aliphatic carbocycles. The summed E-state index contributed by atoms with van der Waals surface area (Å²) >= 11 is 5.94. The molecule has 1 atom stereocenters. The Balaban J connectivity index is 1.80. The molecule has 0 bridgehead atoms. The Bertz CT molecular complexity index is 473. The maximum atomic E-state index is 12.3. The van der Waals surface area contributed by atoms with Gasteiger partial charge in [0.2, 0.25) is 5.91 Å². The fourth-order valence-electron chi connectivity index (χ4n) is 2.54. The van der Waals surface area contributed by atoms with Gasteiger partial charge in [-0.25, -0.2) is 0 Å². The fraction of sp³-hybridized carbons (Fsp3) is 0.562. The summed E-state index contributed by atoms with van der Waals surface area (Å²) in [7, 11) is 0. The van der Waals surface area contributed by atoms with E-state index in [1.54, 1.807) is 0 Å². The number of hydrogen-bond acceptors (Lipinski definition) is 3. The second kappa shape index (κ2) is 7.78. The van der Waals surface area contributed by atoms with Crippen LogP contribution in [0.3, 0.4) is 0 Å². The Labute approximate surface area is 131 Å². The minimum absolute atomic E-state index is 0.146. The molecule has 116 valence electrons. The van der Waals surface area contributed by atoms with E-state index in [1.807, 2.05) is 36.1 Å². The Hall–Kier alpha value is -1.10. The smallest absolute Gasteiger partial charge is 0.227 e. The third-order valence-electron chi connectivity index (χ3n) is 3.91. The standard InChI is InChI=1S/C16H23ClN2O2/c1-2-15(20)12-18-6-8-19(9-7-18)16(21)11-13-4-3-5-14(17)10-13/h3-5,10,15,20H,2,6-9,11-12H2,1H3. The Morgan fingerprint density at radius 1 is 1.33 bits per heavy atom. The van der Waals surface area contributed by atoms with Crippen molar-refractivity contribution in [2.45, 2.75) is 25.9 Å². The van der Waals surface area contributed by atoms with Crippen molar-refractivity contribution >= 4 is 17.5 Å². The number of β-amino-alcohol motifs (C(OH)–C–C–N with tert-alkyl or cyclic N) is 1. The number of hydrogen-bond donors (Lipinski definition) is 1. The van der Waals surface area contributed by atoms with E-state index in [0.717, 1.165) is 38.2 Å². The first-order valence-electron chi connectivity index (χ1n) is 7.51. The molecule has 5 heteroatoms. The van der Waals surface area contributed by atoms with Crippen molar-refractivity contribution in [1.82, 2.24) is 9.80 Å². The SMILES string of the molecule is CCC(O)CN1CCN(C(=O)Cc2cccc(Cl)c2)CC1. The number of aliphatic hydroxyl groups excluding tert-OH is 1. The van der Waals surface area contributed by atoms with Crippen LogP contribution in [0.5, 0.6) is 0 Å². The molecular formula is C16H23ClN2O2. The lowest BCUT2D eigenvalue weighted by Crippen LogP contribution is -2.50. The molecule has 1 unspecified atom stereocenters. The first kappa shape index (κ1) is 16.3. The molecule has 4 nitrogen and oxygen atoms in total. The zero-order chi connectivity index (χ0) is 15.2. The van der Waals surface area contributed by atoms with Crippen molar-refractivity contribution < 1.29 is 9.90 Å². The molecule has 0 aromatic heterocycles. The summed E-state index contributed by atoms with van der Waals surface area (Å²) in [5.74, 6) is 0.146. The maximum Gasteiger partial charge on any atom is 0.227 e. The van der Waals surface area contributed by atoms with Crippen molar-refractivity contribution in [2.75, 3.05) is 32.7 Å². The van der Waals surface area contributed by atoms with Gasteiger partial charge in [-0.05, 0) is 24.1 Å². The van der Waals surface area contributed by atoms with Gasteiger partial charge in [-0.1, -0.05) is 30.7 Å². The summed E-state index contributed by atoms with van der Waals surface area (Å²) in [5.41, 5.74) is 0.955. The van der Waals surface area contributed by atoms with E-state index >= 15 is 0 Å². The molecule has 21 heavy (non-hydrogen) atoms. The van der Waals surface area contributed by atoms with Crippen LogP contribution in [0, 0.1) is 0 Å². The molecule has 1 aliphatic rings. The number of carbonyl (C=O) groups is 1. The van der Waals surface area contributed by atoms with Crippen molar-refractivity contribution in [3.63, 3.8) is 0 Å². The van der Waals surface area contributed by atoms with Gasteiger partial charge >= 0.3 is 0 Å². The van der Waals surface area contributed by atoms with Gasteiger partial charge in [-0.2, -0.15) is 0 Å². The highest BCUT2D eigenvalue weighted by atomic mass is 35.5. The summed E-state index contributed by atoms with van der Waals surface area (Å²) < 4.78 is 0. The first-order valence-corrected chi connectivity index (χ1v) is 7.89. The highest BCUT2D eigenvalue weighted by Crippen LogP contribution is 2.13. The summed E-state index contributed by atoms with van der Waals surface area (Å²) in [6, 6.07) is 7.45. The van der Waals surface area contributed by atoms with Gasteiger partial charge < -0.3 is 10.0 Å². The molecule has 1 aromatic rings. The van der Waals surface area contributed by atoms with Crippen LogP contribution in [0.2, 0.25) is 5.02 Å². The number of carbonyl (C=O) groups excluding carboxylic acids is 1. The third-order valence-corrected chi connectivity index (χ3v) is 4.14. The monoisotopic (exact) mass is 310 g/mol. The van der Waals surface area contributed by atoms with Crippen LogP contribution in [-0.2, 0) is 11.2 Å². The zero-order valence-corrected chi connectivity index (χ0v) is 13.2. The lowest BCUT2D eigenvalue weighted by Gasteiger charge is -2.35. The molecule has 1 N–H and O–H groups in total. The lowest BCUT2D eigenvalue weighted by atomic mass is 10.1. The zero-order valence-electron chi connectivity index (χ0n) is 12.5. The molecule has 1 fully saturated rings. The van der Waals surface area contributed by atoms with Crippen LogP contribution >= 0.6 is 11.6 Å². The van der Waals surface area contributed by atoms with Crippen LogP contribution in [0.4, 0.5) is 0 Å². The van der Waals surface area contributed by atoms with Gasteiger partial charge in [-0.15, -0.1) is 0 Å². The highest BCUT2D eigenvalue weighted by Gasteiger charge is 2.22. The van der Waals surface area contributed by atoms with Crippen molar-refractivity contribution in [3.05, 3.63) is 34.9 Å². The molecule has 1 aromatic carbocycles. The summed E-state index contributed by atoms with van der Waals surface area (Å²) in [5, 5.41) is 10.3. The molecule has 1 heterocycles. The summed E-state index contributed by atoms with van der Waals surface area (Å²) in [6.07, 6.45) is 0.908. The minimum Gasteiger partial charge on any atom is -0.392 e. The van der Waals surface area contributed by atoms with E-state index < -0.39 is 0 Å². The summed E-state index contributed by atoms with van der Waals surface area (Å²) in [6.45, 7) is 5.81. The number of amides is 1. The van der Waals surface area contributed by atoms with Gasteiger partial charge in [0.15, 0.2) is 0 Å². The predicted molar refractivity (Wildman–Crippen MR) is 84.5 cm³/mol. The Kier molecular flexibility index (Phi) is 6.03. The van der Waals surface area contributed by atoms with Gasteiger partial charge in [0.25, 0.3) is 0 Å². The fourth-order valence-corrected chi connectivity index (χ4v) is 2.75. The van der Waals surface area contributed by atoms with Crippen LogP contribution in [0.25, 0.3) is 0 Å². The van der Waals surface area contributed by atoms with Crippen LogP contribution in [-0.4, -0.2) is 59.6 Å². The van der Waals surface area contributed by atoms with Crippen LogP contribution < -0.4 is 0 Å². The first-order chi connectivity index (χ1) is 10.1. The molecule has 0 saturated carbocycles. The van der Waals surface area contributed by atoms with Crippen molar-refractivity contribution in [2.24, 2.45) is 0 Å². The molecule has 2 rings (SSSR count). The molecule has 1 amide bonds. The number of benzene rings is 1. The van der Waals surface area contributed by atoms with Crippen LogP contribution in [0.1, 0.15) is 18.9 Å². The third kappa shape index (κ3) is 4.99. The quantitative estimate of drug-likeness (QED) is 0.902. The number of rotatable bonds is 5. The average molecular weight is 311 g/mol. The number of halogens is 1. The van der Waals surface area contributed by atoms with Gasteiger partial charge in [0.05, 0.1) is 12.5 Å². The van der Waals surface area contributed by atoms with Gasteiger partial charge in [0, 0.05) is 37.7 Å². The maximum absolute atomic E-state index is 12.3. The minimum atomic E-state index is -0.265. The molecule has 0 spiro atoms. The molecular weight excluding hydrogens is 288 g/mol. The van der Waals surface area contributed by atoms with E-state index in [0.29, 0.717) is 18.0 Å². The Morgan fingerprint density at radius 3 is 2.67 bits per heavy atom. The van der Waals surface area contributed by atoms with E-state index in [4.69, 9.17) is 11.6 Å². The molecule has 1 aliphatic heterocycles. The second-order valence-electron chi connectivity index (χ2n) is 5.55. The predicted octanol–water partition coefficient (Wildman–Crippen LogP) is 1.80. The molecule has 0 radical (unpaired) electrons. The number of nitrogens with zero attached hydrogens (tertiary/aromatic N) is 2. The van der Waals surface area contributed by atoms with E-state index in [9.17, 15) is 9.90 Å². The normalized spacial score (nSPS) is 17.8. The number of aliphatic hydroxyl groups is 1. The summed E-state index contributed by atoms with van der Waals surface area (Å²) in [4.78, 5) is 16.4. The van der Waals surface area contributed by atoms with Crippen molar-refractivity contribution in [1.29, 1.82) is 0 Å².